The fraction of sp³-hybridized carbons (Fsp3) is 0.0588. The molecule has 0 aromatic heterocycles. The van der Waals surface area contributed by atoms with E-state index < -0.39 is 40.5 Å². The van der Waals surface area contributed by atoms with Crippen molar-refractivity contribution in [3.05, 3.63) is 71.4 Å². The summed E-state index contributed by atoms with van der Waals surface area (Å²) in [5, 5.41) is 13.3. The van der Waals surface area contributed by atoms with Crippen LogP contribution in [0.25, 0.3) is 0 Å². The van der Waals surface area contributed by atoms with Crippen molar-refractivity contribution in [3.8, 4) is 6.07 Å². The Kier molecular flexibility index (Phi) is 5.57. The molecule has 2 aromatic rings. The fourth-order valence-corrected chi connectivity index (χ4v) is 1.90. The lowest BCUT2D eigenvalue weighted by atomic mass is 10.2. The monoisotopic (exact) mass is 367 g/mol. The number of nitriles is 1. The van der Waals surface area contributed by atoms with Gasteiger partial charge in [-0.25, -0.2) is 8.78 Å². The molecule has 0 aliphatic heterocycles. The number of alkyl halides is 3. The van der Waals surface area contributed by atoms with Crippen LogP contribution in [0.3, 0.4) is 0 Å². The highest BCUT2D eigenvalue weighted by Crippen LogP contribution is 2.30. The van der Waals surface area contributed by atoms with Crippen molar-refractivity contribution >= 4 is 17.3 Å². The average molecular weight is 367 g/mol. The van der Waals surface area contributed by atoms with Gasteiger partial charge >= 0.3 is 6.18 Å². The lowest BCUT2D eigenvalue weighted by Gasteiger charge is -2.10. The lowest BCUT2D eigenvalue weighted by molar-refractivity contribution is -0.137. The number of hydrogen-bond donors (Lipinski definition) is 2. The number of benzene rings is 2. The van der Waals surface area contributed by atoms with E-state index in [1.165, 1.54) is 12.1 Å². The molecule has 0 atom stereocenters. The number of halogens is 5. The summed E-state index contributed by atoms with van der Waals surface area (Å²) in [6.07, 6.45) is -3.84. The lowest BCUT2D eigenvalue weighted by Crippen LogP contribution is -2.15. The predicted octanol–water partition coefficient (Wildman–Crippen LogP) is 4.44. The topological polar surface area (TPSA) is 64.9 Å². The van der Waals surface area contributed by atoms with E-state index in [0.717, 1.165) is 36.5 Å². The maximum absolute atomic E-state index is 13.5. The van der Waals surface area contributed by atoms with E-state index in [4.69, 9.17) is 5.26 Å². The van der Waals surface area contributed by atoms with Gasteiger partial charge in [0.2, 0.25) is 0 Å². The normalized spacial score (nSPS) is 11.6. The Bertz CT molecular complexity index is 880. The summed E-state index contributed by atoms with van der Waals surface area (Å²) in [6.45, 7) is 0. The zero-order valence-electron chi connectivity index (χ0n) is 12.9. The minimum atomic E-state index is -4.60. The first-order valence-corrected chi connectivity index (χ1v) is 7.02. The summed E-state index contributed by atoms with van der Waals surface area (Å²) in [4.78, 5) is 12.0. The van der Waals surface area contributed by atoms with Crippen LogP contribution < -0.4 is 10.6 Å². The van der Waals surface area contributed by atoms with Crippen LogP contribution in [0.15, 0.2) is 54.2 Å². The highest BCUT2D eigenvalue weighted by atomic mass is 19.4. The van der Waals surface area contributed by atoms with Crippen LogP contribution in [0.5, 0.6) is 0 Å². The standard InChI is InChI=1S/C17H10F5N3O/c18-13-5-2-6-14(19)15(13)24-9-10(8-23)16(26)25-12-4-1-3-11(7-12)17(20,21)22/h1-7,9,24H,(H,25,26)/b10-9-. The van der Waals surface area contributed by atoms with Crippen molar-refractivity contribution in [3.63, 3.8) is 0 Å². The van der Waals surface area contributed by atoms with E-state index in [0.29, 0.717) is 6.07 Å². The van der Waals surface area contributed by atoms with Gasteiger partial charge in [-0.2, -0.15) is 18.4 Å². The summed E-state index contributed by atoms with van der Waals surface area (Å²) >= 11 is 0. The smallest absolute Gasteiger partial charge is 0.355 e. The molecule has 2 rings (SSSR count). The Morgan fingerprint density at radius 1 is 1.08 bits per heavy atom. The van der Waals surface area contributed by atoms with Gasteiger partial charge < -0.3 is 10.6 Å². The van der Waals surface area contributed by atoms with Gasteiger partial charge in [0.05, 0.1) is 5.56 Å². The molecule has 0 unspecified atom stereocenters. The van der Waals surface area contributed by atoms with E-state index in [9.17, 15) is 26.7 Å². The zero-order valence-corrected chi connectivity index (χ0v) is 12.9. The van der Waals surface area contributed by atoms with Gasteiger partial charge in [0.25, 0.3) is 5.91 Å². The molecule has 2 N–H and O–H groups in total. The second-order valence-electron chi connectivity index (χ2n) is 4.94. The van der Waals surface area contributed by atoms with E-state index in [-0.39, 0.29) is 5.69 Å². The Balaban J connectivity index is 2.18. The largest absolute Gasteiger partial charge is 0.416 e. The maximum atomic E-state index is 13.5. The number of para-hydroxylation sites is 1. The highest BCUT2D eigenvalue weighted by molar-refractivity contribution is 6.06. The molecule has 0 radical (unpaired) electrons. The summed E-state index contributed by atoms with van der Waals surface area (Å²) in [6, 6.07) is 8.35. The van der Waals surface area contributed by atoms with Gasteiger partial charge in [0.1, 0.15) is 29.0 Å². The molecular formula is C17H10F5N3O. The molecule has 134 valence electrons. The Hall–Kier alpha value is -3.41. The number of hydrogen-bond acceptors (Lipinski definition) is 3. The number of carbonyl (C=O) groups is 1. The van der Waals surface area contributed by atoms with Gasteiger partial charge in [0.15, 0.2) is 0 Å². The van der Waals surface area contributed by atoms with E-state index in [1.54, 1.807) is 0 Å². The molecule has 4 nitrogen and oxygen atoms in total. The van der Waals surface area contributed by atoms with Crippen LogP contribution in [0.4, 0.5) is 33.3 Å². The number of anilines is 2. The molecule has 0 aliphatic carbocycles. The second-order valence-corrected chi connectivity index (χ2v) is 4.94. The summed E-state index contributed by atoms with van der Waals surface area (Å²) in [5.41, 5.74) is -2.34. The minimum Gasteiger partial charge on any atom is -0.355 e. The van der Waals surface area contributed by atoms with Gasteiger partial charge in [-0.15, -0.1) is 0 Å². The third-order valence-corrected chi connectivity index (χ3v) is 3.14. The van der Waals surface area contributed by atoms with Gasteiger partial charge in [-0.05, 0) is 30.3 Å². The van der Waals surface area contributed by atoms with Crippen molar-refractivity contribution in [2.24, 2.45) is 0 Å². The predicted molar refractivity (Wildman–Crippen MR) is 83.8 cm³/mol. The van der Waals surface area contributed by atoms with Gasteiger partial charge in [0, 0.05) is 11.9 Å². The maximum Gasteiger partial charge on any atom is 0.416 e. The summed E-state index contributed by atoms with van der Waals surface area (Å²) in [5.74, 6) is -2.94. The van der Waals surface area contributed by atoms with E-state index in [1.807, 2.05) is 0 Å². The molecule has 0 fully saturated rings. The third-order valence-electron chi connectivity index (χ3n) is 3.14. The molecule has 1 amide bonds. The van der Waals surface area contributed by atoms with Gasteiger partial charge in [-0.3, -0.25) is 4.79 Å². The first kappa shape index (κ1) is 18.9. The molecule has 9 heteroatoms. The van der Waals surface area contributed by atoms with E-state index >= 15 is 0 Å². The van der Waals surface area contributed by atoms with Crippen LogP contribution >= 0.6 is 0 Å². The first-order valence-electron chi connectivity index (χ1n) is 7.02. The first-order chi connectivity index (χ1) is 12.2. The molecule has 0 saturated heterocycles. The molecular weight excluding hydrogens is 357 g/mol. The van der Waals surface area contributed by atoms with Crippen LogP contribution in [-0.2, 0) is 11.0 Å². The van der Waals surface area contributed by atoms with Crippen molar-refractivity contribution < 1.29 is 26.7 Å². The minimum absolute atomic E-state index is 0.192. The second kappa shape index (κ2) is 7.65. The molecule has 0 spiro atoms. The van der Waals surface area contributed by atoms with Crippen molar-refractivity contribution in [2.75, 3.05) is 10.6 Å². The quantitative estimate of drug-likeness (QED) is 0.477. The van der Waals surface area contributed by atoms with Crippen molar-refractivity contribution in [1.82, 2.24) is 0 Å². The summed E-state index contributed by atoms with van der Waals surface area (Å²) < 4.78 is 64.9. The number of carbonyl (C=O) groups excluding carboxylic acids is 1. The Morgan fingerprint density at radius 2 is 1.69 bits per heavy atom. The summed E-state index contributed by atoms with van der Waals surface area (Å²) in [7, 11) is 0. The number of nitrogens with one attached hydrogen (secondary N) is 2. The van der Waals surface area contributed by atoms with Crippen LogP contribution in [0.1, 0.15) is 5.56 Å². The van der Waals surface area contributed by atoms with Crippen LogP contribution in [0, 0.1) is 23.0 Å². The van der Waals surface area contributed by atoms with Crippen LogP contribution in [0.2, 0.25) is 0 Å². The number of rotatable bonds is 4. The molecule has 26 heavy (non-hydrogen) atoms. The third kappa shape index (κ3) is 4.57. The highest BCUT2D eigenvalue weighted by Gasteiger charge is 2.30. The van der Waals surface area contributed by atoms with Crippen LogP contribution in [-0.4, -0.2) is 5.91 Å². The molecule has 0 heterocycles. The van der Waals surface area contributed by atoms with Gasteiger partial charge in [-0.1, -0.05) is 12.1 Å². The molecule has 0 aliphatic rings. The number of amides is 1. The van der Waals surface area contributed by atoms with Crippen molar-refractivity contribution in [2.45, 2.75) is 6.18 Å². The Morgan fingerprint density at radius 3 is 2.27 bits per heavy atom. The fourth-order valence-electron chi connectivity index (χ4n) is 1.90. The van der Waals surface area contributed by atoms with Crippen molar-refractivity contribution in [1.29, 1.82) is 5.26 Å². The Labute approximate surface area is 144 Å². The molecule has 0 saturated carbocycles. The SMILES string of the molecule is N#C/C(=C/Nc1c(F)cccc1F)C(=O)Nc1cccc(C(F)(F)F)c1. The molecule has 2 aromatic carbocycles. The zero-order chi connectivity index (χ0) is 19.3. The van der Waals surface area contributed by atoms with E-state index in [2.05, 4.69) is 10.6 Å². The molecule has 0 bridgehead atoms. The number of nitrogens with zero attached hydrogens (tertiary/aromatic N) is 1. The average Bonchev–Trinajstić information content (AvgIpc) is 2.57.